The molecule has 0 atom stereocenters. The van der Waals surface area contributed by atoms with Crippen LogP contribution in [0.1, 0.15) is 44.9 Å². The number of nitrogens with zero attached hydrogens (tertiary/aromatic N) is 2. The fourth-order valence-electron chi connectivity index (χ4n) is 3.64. The van der Waals surface area contributed by atoms with Gasteiger partial charge in [-0.15, -0.1) is 0 Å². The number of piperidine rings is 1. The molecule has 4 rings (SSSR count). The summed E-state index contributed by atoms with van der Waals surface area (Å²) >= 11 is 0. The van der Waals surface area contributed by atoms with Gasteiger partial charge in [-0.3, -0.25) is 9.59 Å². The van der Waals surface area contributed by atoms with Gasteiger partial charge in [-0.2, -0.15) is 0 Å². The average molecular weight is 341 g/mol. The fourth-order valence-corrected chi connectivity index (χ4v) is 3.64. The van der Waals surface area contributed by atoms with Crippen molar-refractivity contribution in [2.24, 2.45) is 11.1 Å². The molecule has 0 unspecified atom stereocenters. The van der Waals surface area contributed by atoms with E-state index in [1.165, 1.54) is 0 Å². The van der Waals surface area contributed by atoms with Crippen LogP contribution in [0.5, 0.6) is 0 Å². The van der Waals surface area contributed by atoms with E-state index >= 15 is 0 Å². The van der Waals surface area contributed by atoms with Crippen LogP contribution in [0.4, 0.5) is 8.78 Å². The Labute approximate surface area is 138 Å². The van der Waals surface area contributed by atoms with E-state index in [0.717, 1.165) is 12.8 Å². The first-order chi connectivity index (χ1) is 11.4. The van der Waals surface area contributed by atoms with Crippen LogP contribution in [0.15, 0.2) is 5.16 Å². The van der Waals surface area contributed by atoms with Crippen molar-refractivity contribution in [1.82, 2.24) is 10.2 Å². The predicted octanol–water partition coefficient (Wildman–Crippen LogP) is 1.45. The Bertz CT molecular complexity index is 587. The van der Waals surface area contributed by atoms with Gasteiger partial charge in [0.25, 0.3) is 5.91 Å². The molecule has 2 saturated carbocycles. The van der Waals surface area contributed by atoms with Gasteiger partial charge in [0.2, 0.25) is 11.8 Å². The van der Waals surface area contributed by atoms with Gasteiger partial charge in [0.15, 0.2) is 0 Å². The zero-order valence-electron chi connectivity index (χ0n) is 13.4. The summed E-state index contributed by atoms with van der Waals surface area (Å²) in [6, 6.07) is 0.275. The van der Waals surface area contributed by atoms with E-state index in [1.54, 1.807) is 4.90 Å². The molecule has 0 aromatic carbocycles. The van der Waals surface area contributed by atoms with E-state index in [-0.39, 0.29) is 30.7 Å². The van der Waals surface area contributed by atoms with Crippen LogP contribution in [0.2, 0.25) is 0 Å². The highest BCUT2D eigenvalue weighted by Crippen LogP contribution is 2.44. The molecule has 3 fully saturated rings. The molecule has 4 aliphatic rings. The predicted molar refractivity (Wildman–Crippen MR) is 80.5 cm³/mol. The van der Waals surface area contributed by atoms with Crippen molar-refractivity contribution in [3.8, 4) is 0 Å². The maximum Gasteiger partial charge on any atom is 0.269 e. The summed E-state index contributed by atoms with van der Waals surface area (Å²) in [5, 5.41) is 6.84. The average Bonchev–Trinajstić information content (AvgIpc) is 3.24. The quantitative estimate of drug-likeness (QED) is 0.845. The standard InChI is InChI=1S/C16H21F2N3O3/c17-16(18)7-10(8-16)14(23)21-5-3-15(4-6-21)9-12(20-24-15)13(22)19-11-1-2-11/h10-11H,1-9H2,(H,19,22). The smallest absolute Gasteiger partial charge is 0.269 e. The molecular weight excluding hydrogens is 320 g/mol. The largest absolute Gasteiger partial charge is 0.388 e. The van der Waals surface area contributed by atoms with E-state index in [4.69, 9.17) is 4.84 Å². The summed E-state index contributed by atoms with van der Waals surface area (Å²) in [5.41, 5.74) is -0.100. The second-order valence-corrected chi connectivity index (χ2v) is 7.52. The SMILES string of the molecule is O=C(NC1CC1)C1=NOC2(CCN(C(=O)C3CC(F)(F)C3)CC2)C1. The third-order valence-corrected chi connectivity index (χ3v) is 5.44. The molecule has 24 heavy (non-hydrogen) atoms. The highest BCUT2D eigenvalue weighted by atomic mass is 19.3. The van der Waals surface area contributed by atoms with Crippen LogP contribution in [0.25, 0.3) is 0 Å². The lowest BCUT2D eigenvalue weighted by Crippen LogP contribution is -2.52. The summed E-state index contributed by atoms with van der Waals surface area (Å²) in [6.45, 7) is 0.932. The van der Waals surface area contributed by atoms with Crippen LogP contribution < -0.4 is 5.32 Å². The number of alkyl halides is 2. The number of carbonyl (C=O) groups excluding carboxylic acids is 2. The normalized spacial score (nSPS) is 28.1. The first-order valence-electron chi connectivity index (χ1n) is 8.58. The molecule has 8 heteroatoms. The van der Waals surface area contributed by atoms with Crippen LogP contribution in [0.3, 0.4) is 0 Å². The molecule has 2 heterocycles. The molecule has 6 nitrogen and oxygen atoms in total. The van der Waals surface area contributed by atoms with Gasteiger partial charge >= 0.3 is 0 Å². The Kier molecular flexibility index (Phi) is 3.54. The Balaban J connectivity index is 1.27. The van der Waals surface area contributed by atoms with Crippen LogP contribution in [-0.4, -0.2) is 53.1 Å². The van der Waals surface area contributed by atoms with Crippen molar-refractivity contribution < 1.29 is 23.2 Å². The number of hydrogen-bond donors (Lipinski definition) is 1. The van der Waals surface area contributed by atoms with Crippen molar-refractivity contribution in [1.29, 1.82) is 0 Å². The molecule has 0 radical (unpaired) electrons. The van der Waals surface area contributed by atoms with Crippen LogP contribution in [-0.2, 0) is 14.4 Å². The lowest BCUT2D eigenvalue weighted by molar-refractivity contribution is -0.163. The molecule has 0 aromatic heterocycles. The number of likely N-dealkylation sites (tertiary alicyclic amines) is 1. The van der Waals surface area contributed by atoms with E-state index in [2.05, 4.69) is 10.5 Å². The zero-order valence-corrected chi connectivity index (χ0v) is 13.4. The first-order valence-corrected chi connectivity index (χ1v) is 8.58. The van der Waals surface area contributed by atoms with Gasteiger partial charge in [-0.05, 0) is 12.8 Å². The number of halogens is 2. The minimum atomic E-state index is -2.68. The van der Waals surface area contributed by atoms with Gasteiger partial charge in [0.1, 0.15) is 11.3 Å². The molecule has 0 aromatic rings. The molecule has 132 valence electrons. The highest BCUT2D eigenvalue weighted by molar-refractivity contribution is 6.39. The maximum atomic E-state index is 12.9. The summed E-state index contributed by atoms with van der Waals surface area (Å²) < 4.78 is 25.9. The molecule has 2 amide bonds. The molecule has 2 aliphatic heterocycles. The lowest BCUT2D eigenvalue weighted by Gasteiger charge is -2.41. The highest BCUT2D eigenvalue weighted by Gasteiger charge is 2.51. The van der Waals surface area contributed by atoms with Gasteiger partial charge < -0.3 is 15.1 Å². The van der Waals surface area contributed by atoms with E-state index in [9.17, 15) is 18.4 Å². The Morgan fingerprint density at radius 3 is 2.46 bits per heavy atom. The monoisotopic (exact) mass is 341 g/mol. The molecule has 0 bridgehead atoms. The lowest BCUT2D eigenvalue weighted by atomic mass is 9.79. The van der Waals surface area contributed by atoms with Crippen molar-refractivity contribution in [3.05, 3.63) is 0 Å². The molecule has 1 saturated heterocycles. The number of rotatable bonds is 3. The van der Waals surface area contributed by atoms with Gasteiger partial charge in [-0.1, -0.05) is 5.16 Å². The summed E-state index contributed by atoms with van der Waals surface area (Å²) in [6.07, 6.45) is 2.97. The second kappa shape index (κ2) is 5.39. The fraction of sp³-hybridized carbons (Fsp3) is 0.812. The number of carbonyl (C=O) groups is 2. The topological polar surface area (TPSA) is 71.0 Å². The van der Waals surface area contributed by atoms with E-state index in [0.29, 0.717) is 38.1 Å². The third-order valence-electron chi connectivity index (χ3n) is 5.44. The Morgan fingerprint density at radius 1 is 1.21 bits per heavy atom. The van der Waals surface area contributed by atoms with Crippen molar-refractivity contribution in [2.75, 3.05) is 13.1 Å². The first kappa shape index (κ1) is 15.8. The third kappa shape index (κ3) is 2.98. The molecule has 1 spiro atoms. The summed E-state index contributed by atoms with van der Waals surface area (Å²) in [4.78, 5) is 31.5. The van der Waals surface area contributed by atoms with E-state index in [1.807, 2.05) is 0 Å². The molecule has 1 N–H and O–H groups in total. The number of amides is 2. The van der Waals surface area contributed by atoms with Gasteiger partial charge in [0.05, 0.1) is 0 Å². The van der Waals surface area contributed by atoms with E-state index < -0.39 is 17.4 Å². The molecular formula is C16H21F2N3O3. The number of nitrogens with one attached hydrogen (secondary N) is 1. The number of oxime groups is 1. The van der Waals surface area contributed by atoms with Crippen LogP contribution in [0, 0.1) is 5.92 Å². The molecule has 2 aliphatic carbocycles. The van der Waals surface area contributed by atoms with Gasteiger partial charge in [-0.25, -0.2) is 8.78 Å². The minimum absolute atomic E-state index is 0.162. The second-order valence-electron chi connectivity index (χ2n) is 7.52. The van der Waals surface area contributed by atoms with Gasteiger partial charge in [0, 0.05) is 57.2 Å². The minimum Gasteiger partial charge on any atom is -0.388 e. The zero-order chi connectivity index (χ0) is 16.9. The Morgan fingerprint density at radius 2 is 1.88 bits per heavy atom. The number of hydrogen-bond acceptors (Lipinski definition) is 4. The van der Waals surface area contributed by atoms with Crippen molar-refractivity contribution in [3.63, 3.8) is 0 Å². The van der Waals surface area contributed by atoms with Crippen LogP contribution >= 0.6 is 0 Å². The van der Waals surface area contributed by atoms with Crippen molar-refractivity contribution >= 4 is 17.5 Å². The maximum absolute atomic E-state index is 12.9. The summed E-state index contributed by atoms with van der Waals surface area (Å²) in [7, 11) is 0. The summed E-state index contributed by atoms with van der Waals surface area (Å²) in [5.74, 6) is -3.57. The Hall–Kier alpha value is -1.73. The van der Waals surface area contributed by atoms with Crippen molar-refractivity contribution in [2.45, 2.75) is 62.5 Å².